The van der Waals surface area contributed by atoms with Crippen molar-refractivity contribution in [3.8, 4) is 0 Å². The van der Waals surface area contributed by atoms with Gasteiger partial charge in [-0.3, -0.25) is 9.69 Å². The molecule has 1 aliphatic rings. The summed E-state index contributed by atoms with van der Waals surface area (Å²) < 4.78 is 4.91. The van der Waals surface area contributed by atoms with E-state index in [0.717, 1.165) is 12.8 Å². The molecule has 1 amide bonds. The Balaban J connectivity index is 2.20. The third-order valence-electron chi connectivity index (χ3n) is 3.40. The third-order valence-corrected chi connectivity index (χ3v) is 3.40. The molecule has 0 bridgehead atoms. The van der Waals surface area contributed by atoms with E-state index < -0.39 is 5.60 Å². The maximum Gasteiger partial charge on any atom is 0.237 e. The predicted molar refractivity (Wildman–Crippen MR) is 65.8 cm³/mol. The second kappa shape index (κ2) is 6.33. The van der Waals surface area contributed by atoms with E-state index in [0.29, 0.717) is 26.2 Å². The molecular weight excluding hydrogens is 220 g/mol. The summed E-state index contributed by atoms with van der Waals surface area (Å²) in [6, 6.07) is -0.163. The Labute approximate surface area is 103 Å². The molecule has 0 spiro atoms. The lowest BCUT2D eigenvalue weighted by molar-refractivity contribution is -0.142. The molecule has 1 fully saturated rings. The van der Waals surface area contributed by atoms with Gasteiger partial charge in [-0.1, -0.05) is 6.92 Å². The summed E-state index contributed by atoms with van der Waals surface area (Å²) in [4.78, 5) is 13.8. The van der Waals surface area contributed by atoms with Crippen LogP contribution in [-0.4, -0.2) is 60.9 Å². The Morgan fingerprint density at radius 2 is 2.24 bits per heavy atom. The maximum atomic E-state index is 11.8. The highest BCUT2D eigenvalue weighted by atomic mass is 16.5. The van der Waals surface area contributed by atoms with Crippen LogP contribution in [0.1, 0.15) is 26.7 Å². The number of carbonyl (C=O) groups is 1. The Kier molecular flexibility index (Phi) is 5.36. The lowest BCUT2D eigenvalue weighted by Gasteiger charge is -2.48. The van der Waals surface area contributed by atoms with Crippen LogP contribution < -0.4 is 5.32 Å². The minimum absolute atomic E-state index is 0.0271. The number of likely N-dealkylation sites (tertiary alicyclic amines) is 1. The van der Waals surface area contributed by atoms with Crippen LogP contribution in [0.2, 0.25) is 0 Å². The van der Waals surface area contributed by atoms with Gasteiger partial charge in [-0.15, -0.1) is 0 Å². The quantitative estimate of drug-likeness (QED) is 0.618. The zero-order valence-electron chi connectivity index (χ0n) is 11.0. The molecule has 1 rings (SSSR count). The first kappa shape index (κ1) is 14.4. The van der Waals surface area contributed by atoms with Gasteiger partial charge in [-0.2, -0.15) is 0 Å². The van der Waals surface area contributed by atoms with Crippen LogP contribution in [0.5, 0.6) is 0 Å². The molecule has 5 nitrogen and oxygen atoms in total. The zero-order chi connectivity index (χ0) is 12.9. The van der Waals surface area contributed by atoms with Crippen molar-refractivity contribution in [2.24, 2.45) is 0 Å². The molecule has 1 heterocycles. The van der Waals surface area contributed by atoms with E-state index in [2.05, 4.69) is 5.32 Å². The number of nitrogens with zero attached hydrogens (tertiary/aromatic N) is 1. The van der Waals surface area contributed by atoms with Crippen molar-refractivity contribution in [3.05, 3.63) is 0 Å². The van der Waals surface area contributed by atoms with Gasteiger partial charge in [0.15, 0.2) is 0 Å². The lowest BCUT2D eigenvalue weighted by Crippen LogP contribution is -2.66. The Hall–Kier alpha value is -0.650. The highest BCUT2D eigenvalue weighted by Crippen LogP contribution is 2.25. The highest BCUT2D eigenvalue weighted by Gasteiger charge is 2.42. The molecule has 5 heteroatoms. The van der Waals surface area contributed by atoms with Gasteiger partial charge in [-0.25, -0.2) is 0 Å². The molecule has 1 atom stereocenters. The minimum atomic E-state index is -0.579. The standard InChI is InChI=1S/C12H24N2O3/c1-4-12(16)8-14(9-12)10(2)11(15)13-6-5-7-17-3/h10,16H,4-9H2,1-3H3,(H,13,15). The molecule has 0 aromatic rings. The average molecular weight is 244 g/mol. The van der Waals surface area contributed by atoms with Crippen molar-refractivity contribution in [2.45, 2.75) is 38.3 Å². The topological polar surface area (TPSA) is 61.8 Å². The van der Waals surface area contributed by atoms with Crippen molar-refractivity contribution in [1.29, 1.82) is 0 Å². The van der Waals surface area contributed by atoms with E-state index in [-0.39, 0.29) is 11.9 Å². The Morgan fingerprint density at radius 3 is 2.76 bits per heavy atom. The van der Waals surface area contributed by atoms with Crippen LogP contribution in [0.3, 0.4) is 0 Å². The monoisotopic (exact) mass is 244 g/mol. The van der Waals surface area contributed by atoms with Crippen LogP contribution in [0.25, 0.3) is 0 Å². The molecule has 17 heavy (non-hydrogen) atoms. The van der Waals surface area contributed by atoms with Gasteiger partial charge in [0, 0.05) is 33.4 Å². The average Bonchev–Trinajstić information content (AvgIpc) is 2.29. The summed E-state index contributed by atoms with van der Waals surface area (Å²) >= 11 is 0. The van der Waals surface area contributed by atoms with Gasteiger partial charge in [0.05, 0.1) is 11.6 Å². The molecular formula is C12H24N2O3. The number of nitrogens with one attached hydrogen (secondary N) is 1. The van der Waals surface area contributed by atoms with E-state index in [9.17, 15) is 9.90 Å². The molecule has 0 aromatic carbocycles. The first-order valence-corrected chi connectivity index (χ1v) is 6.25. The fraction of sp³-hybridized carbons (Fsp3) is 0.917. The van der Waals surface area contributed by atoms with E-state index in [4.69, 9.17) is 4.74 Å². The van der Waals surface area contributed by atoms with Crippen LogP contribution in [0, 0.1) is 0 Å². The second-order valence-electron chi connectivity index (χ2n) is 4.80. The number of amides is 1. The van der Waals surface area contributed by atoms with Gasteiger partial charge in [0.1, 0.15) is 0 Å². The molecule has 0 radical (unpaired) electrons. The predicted octanol–water partition coefficient (Wildman–Crippen LogP) is -0.0157. The molecule has 1 saturated heterocycles. The third kappa shape index (κ3) is 3.94. The summed E-state index contributed by atoms with van der Waals surface area (Å²) in [5.74, 6) is 0.0271. The molecule has 0 saturated carbocycles. The van der Waals surface area contributed by atoms with Crippen LogP contribution in [-0.2, 0) is 9.53 Å². The van der Waals surface area contributed by atoms with Crippen LogP contribution >= 0.6 is 0 Å². The van der Waals surface area contributed by atoms with Gasteiger partial charge < -0.3 is 15.2 Å². The summed E-state index contributed by atoms with van der Waals surface area (Å²) in [5, 5.41) is 12.7. The van der Waals surface area contributed by atoms with Crippen molar-refractivity contribution in [3.63, 3.8) is 0 Å². The maximum absolute atomic E-state index is 11.8. The number of rotatable bonds is 7. The summed E-state index contributed by atoms with van der Waals surface area (Å²) in [6.07, 6.45) is 1.57. The van der Waals surface area contributed by atoms with E-state index in [1.54, 1.807) is 7.11 Å². The van der Waals surface area contributed by atoms with Crippen molar-refractivity contribution in [1.82, 2.24) is 10.2 Å². The molecule has 0 aliphatic carbocycles. The summed E-state index contributed by atoms with van der Waals surface area (Å²) in [6.45, 7) is 6.33. The van der Waals surface area contributed by atoms with Crippen molar-refractivity contribution >= 4 is 5.91 Å². The normalized spacial score (nSPS) is 20.7. The molecule has 100 valence electrons. The lowest BCUT2D eigenvalue weighted by atomic mass is 9.90. The second-order valence-corrected chi connectivity index (χ2v) is 4.80. The first-order chi connectivity index (χ1) is 8.02. The molecule has 1 unspecified atom stereocenters. The first-order valence-electron chi connectivity index (χ1n) is 6.25. The van der Waals surface area contributed by atoms with E-state index in [1.807, 2.05) is 18.7 Å². The number of hydrogen-bond acceptors (Lipinski definition) is 4. The molecule has 2 N–H and O–H groups in total. The van der Waals surface area contributed by atoms with Crippen LogP contribution in [0.4, 0.5) is 0 Å². The van der Waals surface area contributed by atoms with Gasteiger partial charge >= 0.3 is 0 Å². The highest BCUT2D eigenvalue weighted by molar-refractivity contribution is 5.81. The number of aliphatic hydroxyl groups is 1. The fourth-order valence-electron chi connectivity index (χ4n) is 1.95. The van der Waals surface area contributed by atoms with E-state index in [1.165, 1.54) is 0 Å². The van der Waals surface area contributed by atoms with Gasteiger partial charge in [-0.05, 0) is 19.8 Å². The Bertz CT molecular complexity index is 252. The van der Waals surface area contributed by atoms with E-state index >= 15 is 0 Å². The number of carbonyl (C=O) groups excluding carboxylic acids is 1. The molecule has 1 aliphatic heterocycles. The largest absolute Gasteiger partial charge is 0.387 e. The SMILES string of the molecule is CCC1(O)CN(C(C)C(=O)NCCCOC)C1. The molecule has 0 aromatic heterocycles. The van der Waals surface area contributed by atoms with Gasteiger partial charge in [0.2, 0.25) is 5.91 Å². The van der Waals surface area contributed by atoms with Crippen molar-refractivity contribution < 1.29 is 14.6 Å². The number of hydrogen-bond donors (Lipinski definition) is 2. The number of methoxy groups -OCH3 is 1. The fourth-order valence-corrected chi connectivity index (χ4v) is 1.95. The summed E-state index contributed by atoms with van der Waals surface area (Å²) in [7, 11) is 1.65. The van der Waals surface area contributed by atoms with Crippen molar-refractivity contribution in [2.75, 3.05) is 33.4 Å². The minimum Gasteiger partial charge on any atom is -0.387 e. The summed E-state index contributed by atoms with van der Waals surface area (Å²) in [5.41, 5.74) is -0.579. The van der Waals surface area contributed by atoms with Crippen LogP contribution in [0.15, 0.2) is 0 Å². The zero-order valence-corrected chi connectivity index (χ0v) is 11.0. The number of β-amino-alcohol motifs (C(OH)–C–C–N with tert-alkyl or cyclic N) is 1. The smallest absolute Gasteiger partial charge is 0.237 e. The van der Waals surface area contributed by atoms with Gasteiger partial charge in [0.25, 0.3) is 0 Å². The Morgan fingerprint density at radius 1 is 1.59 bits per heavy atom. The number of ether oxygens (including phenoxy) is 1.